The second-order valence-corrected chi connectivity index (χ2v) is 6.41. The van der Waals surface area contributed by atoms with Crippen molar-refractivity contribution in [2.45, 2.75) is 32.1 Å². The summed E-state index contributed by atoms with van der Waals surface area (Å²) in [5.41, 5.74) is 1.29. The van der Waals surface area contributed by atoms with Gasteiger partial charge in [-0.1, -0.05) is 17.7 Å². The Kier molecular flexibility index (Phi) is 4.66. The molecule has 23 heavy (non-hydrogen) atoms. The Morgan fingerprint density at radius 1 is 1.52 bits per heavy atom. The number of carbonyl (C=O) groups is 1. The number of likely N-dealkylation sites (tertiary alicyclic amines) is 1. The molecule has 1 aromatic carbocycles. The van der Waals surface area contributed by atoms with Gasteiger partial charge in [0.25, 0.3) is 0 Å². The summed E-state index contributed by atoms with van der Waals surface area (Å²) in [7, 11) is 0. The maximum absolute atomic E-state index is 13.9. The highest BCUT2D eigenvalue weighted by molar-refractivity contribution is 6.31. The number of benzene rings is 1. The number of aromatic nitrogens is 2. The van der Waals surface area contributed by atoms with Gasteiger partial charge in [0.05, 0.1) is 6.42 Å². The fourth-order valence-corrected chi connectivity index (χ4v) is 3.26. The third kappa shape index (κ3) is 3.55. The molecule has 1 atom stereocenters. The highest BCUT2D eigenvalue weighted by Crippen LogP contribution is 2.26. The number of hydrogen-bond donors (Lipinski definition) is 1. The van der Waals surface area contributed by atoms with E-state index in [1.807, 2.05) is 6.92 Å². The van der Waals surface area contributed by atoms with E-state index in [-0.39, 0.29) is 23.8 Å². The van der Waals surface area contributed by atoms with Gasteiger partial charge in [-0.05, 0) is 31.9 Å². The molecule has 0 spiro atoms. The summed E-state index contributed by atoms with van der Waals surface area (Å²) < 4.78 is 13.9. The van der Waals surface area contributed by atoms with Crippen molar-refractivity contribution >= 4 is 17.5 Å². The van der Waals surface area contributed by atoms with E-state index in [2.05, 4.69) is 9.97 Å². The normalized spacial score (nSPS) is 18.2. The molecule has 122 valence electrons. The van der Waals surface area contributed by atoms with E-state index in [0.29, 0.717) is 18.1 Å². The van der Waals surface area contributed by atoms with Gasteiger partial charge >= 0.3 is 0 Å². The lowest BCUT2D eigenvalue weighted by molar-refractivity contribution is -0.131. The van der Waals surface area contributed by atoms with Crippen LogP contribution >= 0.6 is 11.6 Å². The van der Waals surface area contributed by atoms with Crippen LogP contribution < -0.4 is 0 Å². The predicted molar refractivity (Wildman–Crippen MR) is 87.0 cm³/mol. The third-order valence-corrected chi connectivity index (χ3v) is 4.63. The summed E-state index contributed by atoms with van der Waals surface area (Å²) in [6.07, 6.45) is 3.71. The number of nitrogens with zero attached hydrogens (tertiary/aromatic N) is 2. The summed E-state index contributed by atoms with van der Waals surface area (Å²) in [6, 6.07) is 4.48. The molecule has 1 aromatic heterocycles. The zero-order valence-corrected chi connectivity index (χ0v) is 13.7. The van der Waals surface area contributed by atoms with E-state index in [1.165, 1.54) is 6.07 Å². The lowest BCUT2D eigenvalue weighted by atomic mass is 9.96. The summed E-state index contributed by atoms with van der Waals surface area (Å²) in [5.74, 6) is 0.604. The molecule has 1 fully saturated rings. The van der Waals surface area contributed by atoms with Crippen LogP contribution in [0.1, 0.15) is 35.8 Å². The molecule has 1 aliphatic rings. The molecule has 4 nitrogen and oxygen atoms in total. The summed E-state index contributed by atoms with van der Waals surface area (Å²) in [6.45, 7) is 3.27. The number of amides is 1. The molecule has 6 heteroatoms. The molecule has 1 amide bonds. The standard InChI is InChI=1S/C17H19ClFN3O/c1-11-9-20-17(21-11)12-4-3-7-22(10-12)16(23)8-13-14(18)5-2-6-15(13)19/h2,5-6,9,12H,3-4,7-8,10H2,1H3,(H,20,21). The minimum Gasteiger partial charge on any atom is -0.346 e. The fraction of sp³-hybridized carbons (Fsp3) is 0.412. The largest absolute Gasteiger partial charge is 0.346 e. The number of halogens is 2. The topological polar surface area (TPSA) is 49.0 Å². The monoisotopic (exact) mass is 335 g/mol. The highest BCUT2D eigenvalue weighted by Gasteiger charge is 2.27. The molecule has 0 saturated carbocycles. The molecule has 1 saturated heterocycles. The molecule has 0 aliphatic carbocycles. The van der Waals surface area contributed by atoms with Crippen LogP contribution in [0, 0.1) is 12.7 Å². The van der Waals surface area contributed by atoms with Gasteiger partial charge in [-0.3, -0.25) is 4.79 Å². The Balaban J connectivity index is 1.70. The zero-order chi connectivity index (χ0) is 16.4. The lowest BCUT2D eigenvalue weighted by Crippen LogP contribution is -2.40. The van der Waals surface area contributed by atoms with E-state index in [9.17, 15) is 9.18 Å². The number of hydrogen-bond acceptors (Lipinski definition) is 2. The predicted octanol–water partition coefficient (Wildman–Crippen LogP) is 3.46. The van der Waals surface area contributed by atoms with Crippen LogP contribution in [0.3, 0.4) is 0 Å². The van der Waals surface area contributed by atoms with Crippen molar-refractivity contribution in [2.24, 2.45) is 0 Å². The smallest absolute Gasteiger partial charge is 0.227 e. The number of H-pyrrole nitrogens is 1. The number of rotatable bonds is 3. The lowest BCUT2D eigenvalue weighted by Gasteiger charge is -2.32. The third-order valence-electron chi connectivity index (χ3n) is 4.27. The number of imidazole rings is 1. The minimum absolute atomic E-state index is 0.00455. The zero-order valence-electron chi connectivity index (χ0n) is 13.0. The quantitative estimate of drug-likeness (QED) is 0.933. The average molecular weight is 336 g/mol. The van der Waals surface area contributed by atoms with E-state index in [4.69, 9.17) is 11.6 Å². The Morgan fingerprint density at radius 2 is 2.35 bits per heavy atom. The average Bonchev–Trinajstić information content (AvgIpc) is 2.97. The van der Waals surface area contributed by atoms with Crippen LogP contribution in [0.25, 0.3) is 0 Å². The first kappa shape index (κ1) is 16.0. The SMILES string of the molecule is Cc1cnc(C2CCCN(C(=O)Cc3c(F)cccc3Cl)C2)[nH]1. The first-order valence-corrected chi connectivity index (χ1v) is 8.14. The van der Waals surface area contributed by atoms with Crippen molar-refractivity contribution in [1.82, 2.24) is 14.9 Å². The number of carbonyl (C=O) groups excluding carboxylic acids is 1. The maximum Gasteiger partial charge on any atom is 0.227 e. The molecule has 2 heterocycles. The van der Waals surface area contributed by atoms with Crippen LogP contribution in [-0.4, -0.2) is 33.9 Å². The molecule has 1 aliphatic heterocycles. The molecular formula is C17H19ClFN3O. The maximum atomic E-state index is 13.9. The molecule has 2 aromatic rings. The number of aryl methyl sites for hydroxylation is 1. The van der Waals surface area contributed by atoms with E-state index >= 15 is 0 Å². The molecule has 1 unspecified atom stereocenters. The second-order valence-electron chi connectivity index (χ2n) is 6.01. The molecule has 1 N–H and O–H groups in total. The van der Waals surface area contributed by atoms with Crippen molar-refractivity contribution in [3.63, 3.8) is 0 Å². The van der Waals surface area contributed by atoms with Gasteiger partial charge in [0.2, 0.25) is 5.91 Å². The van der Waals surface area contributed by atoms with Crippen LogP contribution in [0.2, 0.25) is 5.02 Å². The van der Waals surface area contributed by atoms with Gasteiger partial charge < -0.3 is 9.88 Å². The Morgan fingerprint density at radius 3 is 3.04 bits per heavy atom. The highest BCUT2D eigenvalue weighted by atomic mass is 35.5. The van der Waals surface area contributed by atoms with E-state index in [0.717, 1.165) is 24.4 Å². The van der Waals surface area contributed by atoms with Crippen LogP contribution in [-0.2, 0) is 11.2 Å². The van der Waals surface area contributed by atoms with Gasteiger partial charge in [0.15, 0.2) is 0 Å². The molecule has 3 rings (SSSR count). The van der Waals surface area contributed by atoms with Gasteiger partial charge in [0, 0.05) is 41.5 Å². The van der Waals surface area contributed by atoms with Gasteiger partial charge in [-0.2, -0.15) is 0 Å². The Bertz CT molecular complexity index is 695. The summed E-state index contributed by atoms with van der Waals surface area (Å²) in [5, 5.41) is 0.300. The molecule has 0 bridgehead atoms. The number of aromatic amines is 1. The molecular weight excluding hydrogens is 317 g/mol. The summed E-state index contributed by atoms with van der Waals surface area (Å²) in [4.78, 5) is 21.9. The van der Waals surface area contributed by atoms with Gasteiger partial charge in [-0.15, -0.1) is 0 Å². The number of nitrogens with one attached hydrogen (secondary N) is 1. The van der Waals surface area contributed by atoms with Crippen molar-refractivity contribution in [2.75, 3.05) is 13.1 Å². The first-order chi connectivity index (χ1) is 11.0. The second kappa shape index (κ2) is 6.71. The van der Waals surface area contributed by atoms with Crippen LogP contribution in [0.15, 0.2) is 24.4 Å². The van der Waals surface area contributed by atoms with E-state index < -0.39 is 5.82 Å². The Hall–Kier alpha value is -1.88. The van der Waals surface area contributed by atoms with Crippen molar-refractivity contribution in [3.8, 4) is 0 Å². The fourth-order valence-electron chi connectivity index (χ4n) is 3.03. The van der Waals surface area contributed by atoms with E-state index in [1.54, 1.807) is 23.2 Å². The van der Waals surface area contributed by atoms with Crippen molar-refractivity contribution in [1.29, 1.82) is 0 Å². The van der Waals surface area contributed by atoms with Crippen LogP contribution in [0.5, 0.6) is 0 Å². The van der Waals surface area contributed by atoms with Gasteiger partial charge in [0.1, 0.15) is 11.6 Å². The van der Waals surface area contributed by atoms with Crippen molar-refractivity contribution in [3.05, 3.63) is 52.3 Å². The summed E-state index contributed by atoms with van der Waals surface area (Å²) >= 11 is 6.01. The van der Waals surface area contributed by atoms with Gasteiger partial charge in [-0.25, -0.2) is 9.37 Å². The van der Waals surface area contributed by atoms with Crippen molar-refractivity contribution < 1.29 is 9.18 Å². The number of piperidine rings is 1. The first-order valence-electron chi connectivity index (χ1n) is 7.76. The Labute approximate surface area is 139 Å². The minimum atomic E-state index is -0.430. The van der Waals surface area contributed by atoms with Crippen LogP contribution in [0.4, 0.5) is 4.39 Å². The molecule has 0 radical (unpaired) electrons.